The van der Waals surface area contributed by atoms with Crippen molar-refractivity contribution in [1.29, 1.82) is 0 Å². The van der Waals surface area contributed by atoms with E-state index in [2.05, 4.69) is 32.8 Å². The zero-order valence-corrected chi connectivity index (χ0v) is 11.3. The van der Waals surface area contributed by atoms with E-state index in [0.717, 1.165) is 18.5 Å². The number of alkyl halides is 1. The second kappa shape index (κ2) is 5.46. The fourth-order valence-electron chi connectivity index (χ4n) is 2.12. The predicted octanol–water partition coefficient (Wildman–Crippen LogP) is 3.87. The molecule has 0 amide bonds. The SMILES string of the molecule is BrCC1(CCc2ccsc2)CCCOC1. The molecule has 0 saturated carbocycles. The Kier molecular flexibility index (Phi) is 4.23. The Morgan fingerprint density at radius 1 is 1.53 bits per heavy atom. The van der Waals surface area contributed by atoms with E-state index in [1.165, 1.54) is 31.2 Å². The summed E-state index contributed by atoms with van der Waals surface area (Å²) in [6.07, 6.45) is 4.96. The summed E-state index contributed by atoms with van der Waals surface area (Å²) in [5.41, 5.74) is 1.87. The molecule has 0 radical (unpaired) electrons. The molecule has 1 aliphatic heterocycles. The first kappa shape index (κ1) is 11.6. The lowest BCUT2D eigenvalue weighted by Crippen LogP contribution is -2.33. The molecule has 2 rings (SSSR count). The Bertz CT molecular complexity index is 278. The minimum Gasteiger partial charge on any atom is -0.381 e. The van der Waals surface area contributed by atoms with Gasteiger partial charge in [0.05, 0.1) is 6.61 Å². The van der Waals surface area contributed by atoms with Gasteiger partial charge < -0.3 is 4.74 Å². The molecular weight excluding hydrogens is 272 g/mol. The number of halogens is 1. The molecule has 1 aromatic rings. The van der Waals surface area contributed by atoms with Crippen LogP contribution in [0.1, 0.15) is 24.8 Å². The van der Waals surface area contributed by atoms with Crippen molar-refractivity contribution < 1.29 is 4.74 Å². The molecule has 0 aromatic carbocycles. The van der Waals surface area contributed by atoms with Gasteiger partial charge in [0.15, 0.2) is 0 Å². The molecule has 1 atom stereocenters. The molecule has 0 aliphatic carbocycles. The van der Waals surface area contributed by atoms with Gasteiger partial charge in [0.25, 0.3) is 0 Å². The van der Waals surface area contributed by atoms with Crippen LogP contribution in [0.15, 0.2) is 16.8 Å². The van der Waals surface area contributed by atoms with Gasteiger partial charge in [-0.2, -0.15) is 11.3 Å². The number of hydrogen-bond donors (Lipinski definition) is 0. The third kappa shape index (κ3) is 3.05. The highest BCUT2D eigenvalue weighted by Crippen LogP contribution is 2.35. The maximum Gasteiger partial charge on any atom is 0.0530 e. The van der Waals surface area contributed by atoms with E-state index < -0.39 is 0 Å². The summed E-state index contributed by atoms with van der Waals surface area (Å²) in [4.78, 5) is 0. The lowest BCUT2D eigenvalue weighted by Gasteiger charge is -2.35. The fraction of sp³-hybridized carbons (Fsp3) is 0.667. The van der Waals surface area contributed by atoms with Gasteiger partial charge in [-0.15, -0.1) is 0 Å². The summed E-state index contributed by atoms with van der Waals surface area (Å²) in [6.45, 7) is 1.88. The minimum absolute atomic E-state index is 0.389. The number of rotatable bonds is 4. The average Bonchev–Trinajstić information content (AvgIpc) is 2.81. The highest BCUT2D eigenvalue weighted by atomic mass is 79.9. The van der Waals surface area contributed by atoms with Gasteiger partial charge in [-0.1, -0.05) is 15.9 Å². The maximum absolute atomic E-state index is 5.62. The Morgan fingerprint density at radius 2 is 2.47 bits per heavy atom. The Balaban J connectivity index is 1.89. The summed E-state index contributed by atoms with van der Waals surface area (Å²) in [7, 11) is 0. The van der Waals surface area contributed by atoms with E-state index in [1.54, 1.807) is 11.3 Å². The Morgan fingerprint density at radius 3 is 3.07 bits per heavy atom. The molecule has 1 aliphatic rings. The number of aryl methyl sites for hydroxylation is 1. The molecule has 0 bridgehead atoms. The van der Waals surface area contributed by atoms with Crippen LogP contribution in [0.4, 0.5) is 0 Å². The first-order valence-corrected chi connectivity index (χ1v) is 7.56. The van der Waals surface area contributed by atoms with E-state index in [9.17, 15) is 0 Å². The van der Waals surface area contributed by atoms with Gasteiger partial charge >= 0.3 is 0 Å². The zero-order chi connectivity index (χ0) is 10.6. The van der Waals surface area contributed by atoms with Crippen molar-refractivity contribution in [3.8, 4) is 0 Å². The monoisotopic (exact) mass is 288 g/mol. The maximum atomic E-state index is 5.62. The lowest BCUT2D eigenvalue weighted by atomic mass is 9.80. The predicted molar refractivity (Wildman–Crippen MR) is 68.9 cm³/mol. The average molecular weight is 289 g/mol. The van der Waals surface area contributed by atoms with Gasteiger partial charge in [0.1, 0.15) is 0 Å². The van der Waals surface area contributed by atoms with Crippen molar-refractivity contribution in [3.05, 3.63) is 22.4 Å². The smallest absolute Gasteiger partial charge is 0.0530 e. The van der Waals surface area contributed by atoms with Gasteiger partial charge in [-0.3, -0.25) is 0 Å². The van der Waals surface area contributed by atoms with Gasteiger partial charge in [-0.25, -0.2) is 0 Å². The third-order valence-corrected chi connectivity index (χ3v) is 5.13. The van der Waals surface area contributed by atoms with Crippen molar-refractivity contribution in [1.82, 2.24) is 0 Å². The molecule has 1 aromatic heterocycles. The van der Waals surface area contributed by atoms with E-state index in [0.29, 0.717) is 5.41 Å². The summed E-state index contributed by atoms with van der Waals surface area (Å²) in [6, 6.07) is 2.23. The molecule has 1 unspecified atom stereocenters. The third-order valence-electron chi connectivity index (χ3n) is 3.21. The van der Waals surface area contributed by atoms with Crippen LogP contribution in [-0.2, 0) is 11.2 Å². The van der Waals surface area contributed by atoms with Crippen LogP contribution in [0.25, 0.3) is 0 Å². The van der Waals surface area contributed by atoms with Crippen molar-refractivity contribution in [3.63, 3.8) is 0 Å². The van der Waals surface area contributed by atoms with E-state index in [-0.39, 0.29) is 0 Å². The summed E-state index contributed by atoms with van der Waals surface area (Å²) >= 11 is 5.44. The van der Waals surface area contributed by atoms with Crippen LogP contribution in [0.2, 0.25) is 0 Å². The van der Waals surface area contributed by atoms with Crippen LogP contribution in [0, 0.1) is 5.41 Å². The number of ether oxygens (including phenoxy) is 1. The molecule has 1 fully saturated rings. The molecule has 1 nitrogen and oxygen atoms in total. The largest absolute Gasteiger partial charge is 0.381 e. The van der Waals surface area contributed by atoms with E-state index in [4.69, 9.17) is 4.74 Å². The molecule has 84 valence electrons. The summed E-state index contributed by atoms with van der Waals surface area (Å²) in [5, 5.41) is 5.49. The molecule has 2 heterocycles. The van der Waals surface area contributed by atoms with Gasteiger partial charge in [0, 0.05) is 17.4 Å². The van der Waals surface area contributed by atoms with Gasteiger partial charge in [-0.05, 0) is 48.1 Å². The topological polar surface area (TPSA) is 9.23 Å². The highest BCUT2D eigenvalue weighted by molar-refractivity contribution is 9.09. The summed E-state index contributed by atoms with van der Waals surface area (Å²) < 4.78 is 5.62. The fourth-order valence-corrected chi connectivity index (χ4v) is 3.55. The molecule has 0 spiro atoms. The first-order chi connectivity index (χ1) is 7.35. The standard InChI is InChI=1S/C12H17BrOS/c13-9-12(4-1-6-14-10-12)5-2-11-3-7-15-8-11/h3,7-8H,1-2,4-6,9-10H2. The second-order valence-electron chi connectivity index (χ2n) is 4.42. The van der Waals surface area contributed by atoms with E-state index >= 15 is 0 Å². The number of thiophene rings is 1. The molecule has 0 N–H and O–H groups in total. The van der Waals surface area contributed by atoms with Crippen LogP contribution in [-0.4, -0.2) is 18.5 Å². The van der Waals surface area contributed by atoms with Crippen LogP contribution in [0.3, 0.4) is 0 Å². The quantitative estimate of drug-likeness (QED) is 0.764. The molecule has 1 saturated heterocycles. The van der Waals surface area contributed by atoms with Crippen LogP contribution >= 0.6 is 27.3 Å². The molecule has 3 heteroatoms. The minimum atomic E-state index is 0.389. The van der Waals surface area contributed by atoms with E-state index in [1.807, 2.05) is 0 Å². The highest BCUT2D eigenvalue weighted by Gasteiger charge is 2.31. The normalized spacial score (nSPS) is 26.7. The lowest BCUT2D eigenvalue weighted by molar-refractivity contribution is 0.00169. The van der Waals surface area contributed by atoms with Crippen molar-refractivity contribution in [2.75, 3.05) is 18.5 Å². The van der Waals surface area contributed by atoms with Crippen molar-refractivity contribution in [2.45, 2.75) is 25.7 Å². The molecule has 15 heavy (non-hydrogen) atoms. The van der Waals surface area contributed by atoms with Gasteiger partial charge in [0.2, 0.25) is 0 Å². The Hall–Kier alpha value is 0.140. The zero-order valence-electron chi connectivity index (χ0n) is 8.88. The first-order valence-electron chi connectivity index (χ1n) is 5.49. The molecular formula is C12H17BrOS. The van der Waals surface area contributed by atoms with Crippen molar-refractivity contribution in [2.24, 2.45) is 5.41 Å². The number of hydrogen-bond acceptors (Lipinski definition) is 2. The van der Waals surface area contributed by atoms with Crippen LogP contribution in [0.5, 0.6) is 0 Å². The summed E-state index contributed by atoms with van der Waals surface area (Å²) in [5.74, 6) is 0. The van der Waals surface area contributed by atoms with Crippen LogP contribution < -0.4 is 0 Å². The second-order valence-corrected chi connectivity index (χ2v) is 5.76. The van der Waals surface area contributed by atoms with Crippen molar-refractivity contribution >= 4 is 27.3 Å². The Labute approximate surface area is 104 Å².